The maximum atomic E-state index is 5.74. The van der Waals surface area contributed by atoms with Crippen LogP contribution in [0.3, 0.4) is 0 Å². The summed E-state index contributed by atoms with van der Waals surface area (Å²) in [6.45, 7) is 0.572. The van der Waals surface area contributed by atoms with Gasteiger partial charge in [-0.3, -0.25) is 0 Å². The SMILES string of the molecule is COc1ccc2c(c1OC)CCC=C2CN.Cl. The lowest BCUT2D eigenvalue weighted by Gasteiger charge is -2.21. The van der Waals surface area contributed by atoms with Crippen LogP contribution in [0.5, 0.6) is 11.5 Å². The summed E-state index contributed by atoms with van der Waals surface area (Å²) in [5, 5.41) is 0. The van der Waals surface area contributed by atoms with Gasteiger partial charge in [-0.15, -0.1) is 12.4 Å². The van der Waals surface area contributed by atoms with Crippen LogP contribution in [-0.2, 0) is 6.42 Å². The van der Waals surface area contributed by atoms with E-state index in [4.69, 9.17) is 15.2 Å². The van der Waals surface area contributed by atoms with E-state index in [1.165, 1.54) is 16.7 Å². The van der Waals surface area contributed by atoms with Crippen LogP contribution < -0.4 is 15.2 Å². The molecule has 0 fully saturated rings. The summed E-state index contributed by atoms with van der Waals surface area (Å²) in [6, 6.07) is 4.00. The second-order valence-electron chi connectivity index (χ2n) is 3.80. The molecule has 1 aliphatic carbocycles. The largest absolute Gasteiger partial charge is 0.493 e. The van der Waals surface area contributed by atoms with Crippen molar-refractivity contribution in [3.63, 3.8) is 0 Å². The standard InChI is InChI=1S/C13H17NO2.ClH/c1-15-12-7-6-10-9(8-14)4-3-5-11(10)13(12)16-2;/h4,6-7H,3,5,8,14H2,1-2H3;1H. The highest BCUT2D eigenvalue weighted by atomic mass is 35.5. The van der Waals surface area contributed by atoms with Gasteiger partial charge in [0.2, 0.25) is 0 Å². The van der Waals surface area contributed by atoms with Crippen LogP contribution in [0.4, 0.5) is 0 Å². The van der Waals surface area contributed by atoms with Gasteiger partial charge < -0.3 is 15.2 Å². The average molecular weight is 256 g/mol. The van der Waals surface area contributed by atoms with Crippen LogP contribution in [-0.4, -0.2) is 20.8 Å². The zero-order valence-electron chi connectivity index (χ0n) is 10.2. The maximum Gasteiger partial charge on any atom is 0.164 e. The number of allylic oxidation sites excluding steroid dienone is 1. The lowest BCUT2D eigenvalue weighted by Crippen LogP contribution is -2.10. The van der Waals surface area contributed by atoms with Crippen molar-refractivity contribution >= 4 is 18.0 Å². The van der Waals surface area contributed by atoms with Gasteiger partial charge >= 0.3 is 0 Å². The second kappa shape index (κ2) is 5.94. The van der Waals surface area contributed by atoms with Gasteiger partial charge in [-0.1, -0.05) is 12.1 Å². The monoisotopic (exact) mass is 255 g/mol. The number of methoxy groups -OCH3 is 2. The molecule has 1 aromatic carbocycles. The Hall–Kier alpha value is -1.19. The highest BCUT2D eigenvalue weighted by Gasteiger charge is 2.18. The molecule has 2 rings (SSSR count). The smallest absolute Gasteiger partial charge is 0.164 e. The molecule has 0 heterocycles. The van der Waals surface area contributed by atoms with Crippen LogP contribution in [0.1, 0.15) is 17.5 Å². The quantitative estimate of drug-likeness (QED) is 0.902. The van der Waals surface area contributed by atoms with E-state index in [1.54, 1.807) is 14.2 Å². The van der Waals surface area contributed by atoms with Gasteiger partial charge in [0.25, 0.3) is 0 Å². The summed E-state index contributed by atoms with van der Waals surface area (Å²) in [5.74, 6) is 1.64. The molecule has 0 amide bonds. The fraction of sp³-hybridized carbons (Fsp3) is 0.385. The topological polar surface area (TPSA) is 44.5 Å². The molecule has 94 valence electrons. The highest BCUT2D eigenvalue weighted by molar-refractivity contribution is 5.85. The number of hydrogen-bond acceptors (Lipinski definition) is 3. The Morgan fingerprint density at radius 3 is 2.59 bits per heavy atom. The molecule has 4 heteroatoms. The summed E-state index contributed by atoms with van der Waals surface area (Å²) >= 11 is 0. The first-order valence-electron chi connectivity index (χ1n) is 5.45. The van der Waals surface area contributed by atoms with Gasteiger partial charge in [-0.2, -0.15) is 0 Å². The van der Waals surface area contributed by atoms with E-state index in [-0.39, 0.29) is 12.4 Å². The van der Waals surface area contributed by atoms with Crippen molar-refractivity contribution < 1.29 is 9.47 Å². The van der Waals surface area contributed by atoms with Gasteiger partial charge in [-0.05, 0) is 30.0 Å². The van der Waals surface area contributed by atoms with Gasteiger partial charge in [-0.25, -0.2) is 0 Å². The predicted molar refractivity (Wildman–Crippen MR) is 72.1 cm³/mol. The van der Waals surface area contributed by atoms with E-state index in [0.29, 0.717) is 6.54 Å². The molecule has 3 nitrogen and oxygen atoms in total. The van der Waals surface area contributed by atoms with E-state index >= 15 is 0 Å². The Labute approximate surface area is 108 Å². The van der Waals surface area contributed by atoms with E-state index in [9.17, 15) is 0 Å². The summed E-state index contributed by atoms with van der Waals surface area (Å²) in [6.07, 6.45) is 4.20. The zero-order chi connectivity index (χ0) is 11.5. The summed E-state index contributed by atoms with van der Waals surface area (Å²) < 4.78 is 10.7. The number of ether oxygens (including phenoxy) is 2. The van der Waals surface area contributed by atoms with Crippen LogP contribution in [0.2, 0.25) is 0 Å². The number of benzene rings is 1. The molecule has 2 N–H and O–H groups in total. The van der Waals surface area contributed by atoms with Crippen LogP contribution >= 0.6 is 12.4 Å². The second-order valence-corrected chi connectivity index (χ2v) is 3.80. The fourth-order valence-electron chi connectivity index (χ4n) is 2.23. The molecule has 0 radical (unpaired) electrons. The predicted octanol–water partition coefficient (Wildman–Crippen LogP) is 2.41. The Balaban J connectivity index is 0.00000144. The zero-order valence-corrected chi connectivity index (χ0v) is 11.0. The Morgan fingerprint density at radius 1 is 1.24 bits per heavy atom. The number of halogens is 1. The number of rotatable bonds is 3. The molecule has 0 unspecified atom stereocenters. The molecule has 0 saturated carbocycles. The molecule has 0 saturated heterocycles. The van der Waals surface area contributed by atoms with Gasteiger partial charge in [0.15, 0.2) is 11.5 Å². The van der Waals surface area contributed by atoms with Crippen molar-refractivity contribution in [1.82, 2.24) is 0 Å². The Bertz CT molecular complexity index is 430. The molecular formula is C13H18ClNO2. The van der Waals surface area contributed by atoms with Crippen molar-refractivity contribution in [1.29, 1.82) is 0 Å². The normalized spacial score (nSPS) is 13.2. The first-order valence-corrected chi connectivity index (χ1v) is 5.45. The Morgan fingerprint density at radius 2 is 2.00 bits per heavy atom. The third kappa shape index (κ3) is 2.40. The van der Waals surface area contributed by atoms with Crippen molar-refractivity contribution in [2.45, 2.75) is 12.8 Å². The Kier molecular flexibility index (Phi) is 4.85. The summed E-state index contributed by atoms with van der Waals surface area (Å²) in [4.78, 5) is 0. The molecule has 17 heavy (non-hydrogen) atoms. The van der Waals surface area contributed by atoms with Crippen molar-refractivity contribution in [2.75, 3.05) is 20.8 Å². The van der Waals surface area contributed by atoms with E-state index < -0.39 is 0 Å². The van der Waals surface area contributed by atoms with Gasteiger partial charge in [0.1, 0.15) is 0 Å². The highest BCUT2D eigenvalue weighted by Crippen LogP contribution is 2.38. The first-order chi connectivity index (χ1) is 7.81. The third-order valence-corrected chi connectivity index (χ3v) is 3.00. The average Bonchev–Trinajstić information content (AvgIpc) is 2.36. The minimum absolute atomic E-state index is 0. The maximum absolute atomic E-state index is 5.74. The summed E-state index contributed by atoms with van der Waals surface area (Å²) in [7, 11) is 3.34. The van der Waals surface area contributed by atoms with Crippen LogP contribution in [0.15, 0.2) is 18.2 Å². The minimum atomic E-state index is 0. The van der Waals surface area contributed by atoms with Crippen LogP contribution in [0.25, 0.3) is 5.57 Å². The van der Waals surface area contributed by atoms with E-state index in [2.05, 4.69) is 12.1 Å². The third-order valence-electron chi connectivity index (χ3n) is 3.00. The molecule has 1 aliphatic rings. The van der Waals surface area contributed by atoms with Crippen molar-refractivity contribution in [2.24, 2.45) is 5.73 Å². The van der Waals surface area contributed by atoms with Crippen LogP contribution in [0, 0.1) is 0 Å². The molecule has 0 bridgehead atoms. The molecule has 0 aliphatic heterocycles. The number of hydrogen-bond donors (Lipinski definition) is 1. The fourth-order valence-corrected chi connectivity index (χ4v) is 2.23. The van der Waals surface area contributed by atoms with Crippen molar-refractivity contribution in [3.05, 3.63) is 29.3 Å². The van der Waals surface area contributed by atoms with Gasteiger partial charge in [0, 0.05) is 12.1 Å². The first kappa shape index (κ1) is 13.9. The van der Waals surface area contributed by atoms with E-state index in [1.807, 2.05) is 6.07 Å². The van der Waals surface area contributed by atoms with Gasteiger partial charge in [0.05, 0.1) is 14.2 Å². The molecule has 0 aromatic heterocycles. The molecule has 0 atom stereocenters. The molecule has 1 aromatic rings. The molecule has 0 spiro atoms. The lowest BCUT2D eigenvalue weighted by molar-refractivity contribution is 0.351. The number of fused-ring (bicyclic) bond motifs is 1. The lowest BCUT2D eigenvalue weighted by atomic mass is 9.90. The molecular weight excluding hydrogens is 238 g/mol. The van der Waals surface area contributed by atoms with E-state index in [0.717, 1.165) is 24.3 Å². The summed E-state index contributed by atoms with van der Waals surface area (Å²) in [5.41, 5.74) is 9.35. The minimum Gasteiger partial charge on any atom is -0.493 e. The number of nitrogens with two attached hydrogens (primary N) is 1. The van der Waals surface area contributed by atoms with Crippen molar-refractivity contribution in [3.8, 4) is 11.5 Å².